The summed E-state index contributed by atoms with van der Waals surface area (Å²) in [5, 5.41) is 11.3. The first-order chi connectivity index (χ1) is 12.1. The van der Waals surface area contributed by atoms with Crippen molar-refractivity contribution in [3.63, 3.8) is 0 Å². The molecule has 1 aromatic carbocycles. The molecule has 0 heterocycles. The van der Waals surface area contributed by atoms with Crippen LogP contribution in [0.1, 0.15) is 57.1 Å². The highest BCUT2D eigenvalue weighted by Gasteiger charge is 2.58. The summed E-state index contributed by atoms with van der Waals surface area (Å²) in [6.07, 6.45) is 3.26. The van der Waals surface area contributed by atoms with Crippen molar-refractivity contribution in [3.05, 3.63) is 33.5 Å². The highest BCUT2D eigenvalue weighted by Crippen LogP contribution is 2.57. The summed E-state index contributed by atoms with van der Waals surface area (Å²) < 4.78 is 20.2. The number of halogens is 2. The van der Waals surface area contributed by atoms with Gasteiger partial charge in [-0.1, -0.05) is 22.9 Å². The molecule has 0 spiro atoms. The number of nitrogens with two attached hydrogens (primary N) is 1. The number of hydrogen-bond donors (Lipinski definition) is 2. The van der Waals surface area contributed by atoms with E-state index in [4.69, 9.17) is 10.5 Å². The number of aliphatic hydroxyl groups is 1. The number of rotatable bonds is 9. The van der Waals surface area contributed by atoms with E-state index in [9.17, 15) is 14.3 Å². The van der Waals surface area contributed by atoms with Gasteiger partial charge in [-0.15, -0.1) is 0 Å². The maximum absolute atomic E-state index is 14.3. The molecule has 0 aliphatic heterocycles. The Morgan fingerprint density at radius 2 is 2.12 bits per heavy atom. The second-order valence-corrected chi connectivity index (χ2v) is 8.61. The molecule has 3 atom stereocenters. The molecule has 2 rings (SSSR count). The number of benzene rings is 1. The highest BCUT2D eigenvalue weighted by atomic mass is 79.9. The van der Waals surface area contributed by atoms with E-state index < -0.39 is 23.2 Å². The molecule has 2 unspecified atom stereocenters. The molecular formula is C20H29BrFNO3. The summed E-state index contributed by atoms with van der Waals surface area (Å²) in [6, 6.07) is 3.04. The Kier molecular flexibility index (Phi) is 6.52. The fraction of sp³-hybridized carbons (Fsp3) is 0.650. The number of primary amides is 1. The van der Waals surface area contributed by atoms with E-state index in [1.165, 1.54) is 6.07 Å². The lowest BCUT2D eigenvalue weighted by Gasteiger charge is -2.38. The Labute approximate surface area is 163 Å². The molecule has 1 aliphatic rings. The van der Waals surface area contributed by atoms with E-state index in [2.05, 4.69) is 22.9 Å². The summed E-state index contributed by atoms with van der Waals surface area (Å²) in [6.45, 7) is 5.30. The van der Waals surface area contributed by atoms with Crippen LogP contribution < -0.4 is 5.73 Å². The zero-order chi connectivity index (χ0) is 19.7. The predicted molar refractivity (Wildman–Crippen MR) is 103 cm³/mol. The summed E-state index contributed by atoms with van der Waals surface area (Å²) in [5.41, 5.74) is 4.79. The Bertz CT molecular complexity index is 673. The number of methoxy groups -OCH3 is 1. The van der Waals surface area contributed by atoms with Crippen molar-refractivity contribution in [3.8, 4) is 0 Å². The molecule has 0 bridgehead atoms. The Morgan fingerprint density at radius 1 is 1.50 bits per heavy atom. The second-order valence-electron chi connectivity index (χ2n) is 7.70. The molecule has 1 amide bonds. The Hall–Kier alpha value is -0.980. The van der Waals surface area contributed by atoms with Gasteiger partial charge in [0.25, 0.3) is 0 Å². The Balaban J connectivity index is 2.39. The minimum atomic E-state index is -1.36. The third kappa shape index (κ3) is 3.82. The quantitative estimate of drug-likeness (QED) is 0.623. The predicted octanol–water partition coefficient (Wildman–Crippen LogP) is 3.99. The summed E-state index contributed by atoms with van der Waals surface area (Å²) in [4.78, 5) is 12.5. The van der Waals surface area contributed by atoms with Crippen molar-refractivity contribution in [2.75, 3.05) is 7.11 Å². The third-order valence-electron chi connectivity index (χ3n) is 6.15. The van der Waals surface area contributed by atoms with Crippen LogP contribution >= 0.6 is 15.9 Å². The zero-order valence-electron chi connectivity index (χ0n) is 15.9. The van der Waals surface area contributed by atoms with Crippen LogP contribution in [0.3, 0.4) is 0 Å². The first-order valence-corrected chi connectivity index (χ1v) is 9.88. The number of ether oxygens (including phenoxy) is 1. The van der Waals surface area contributed by atoms with Gasteiger partial charge in [0, 0.05) is 11.6 Å². The number of aliphatic hydroxyl groups excluding tert-OH is 1. The molecule has 26 heavy (non-hydrogen) atoms. The standard InChI is InChI=1S/C20H29BrFNO3/c1-5-14(26-4)6-7-20(8-9-20)17(24)19(3,18(23)25)15-10-13(21)11-16(22)12(15)2/h10-11,14,17,24H,5-9H2,1-4H3,(H2,23,25)/t14-,17?,19?/m1/s1. The maximum Gasteiger partial charge on any atom is 0.230 e. The van der Waals surface area contributed by atoms with Crippen LogP contribution in [0.5, 0.6) is 0 Å². The Morgan fingerprint density at radius 3 is 2.58 bits per heavy atom. The molecule has 0 aromatic heterocycles. The average molecular weight is 430 g/mol. The van der Waals surface area contributed by atoms with Gasteiger partial charge in [-0.3, -0.25) is 4.79 Å². The smallest absolute Gasteiger partial charge is 0.230 e. The van der Waals surface area contributed by atoms with Gasteiger partial charge < -0.3 is 15.6 Å². The van der Waals surface area contributed by atoms with Crippen molar-refractivity contribution in [1.29, 1.82) is 0 Å². The lowest BCUT2D eigenvalue weighted by atomic mass is 9.68. The topological polar surface area (TPSA) is 72.5 Å². The zero-order valence-corrected chi connectivity index (χ0v) is 17.5. The molecule has 1 fully saturated rings. The van der Waals surface area contributed by atoms with Crippen LogP contribution in [-0.2, 0) is 14.9 Å². The normalized spacial score (nSPS) is 20.3. The minimum absolute atomic E-state index is 0.129. The molecule has 1 aliphatic carbocycles. The van der Waals surface area contributed by atoms with E-state index in [1.807, 2.05) is 0 Å². The van der Waals surface area contributed by atoms with E-state index in [1.54, 1.807) is 27.0 Å². The van der Waals surface area contributed by atoms with Crippen molar-refractivity contribution in [2.45, 2.75) is 70.5 Å². The van der Waals surface area contributed by atoms with Crippen LogP contribution in [0, 0.1) is 18.2 Å². The van der Waals surface area contributed by atoms with Crippen LogP contribution in [-0.4, -0.2) is 30.3 Å². The van der Waals surface area contributed by atoms with Crippen LogP contribution in [0.2, 0.25) is 0 Å². The monoisotopic (exact) mass is 429 g/mol. The molecule has 1 saturated carbocycles. The van der Waals surface area contributed by atoms with Crippen molar-refractivity contribution >= 4 is 21.8 Å². The van der Waals surface area contributed by atoms with Gasteiger partial charge in [0.2, 0.25) is 5.91 Å². The van der Waals surface area contributed by atoms with Crippen molar-refractivity contribution in [2.24, 2.45) is 11.1 Å². The summed E-state index contributed by atoms with van der Waals surface area (Å²) in [7, 11) is 1.69. The molecule has 1 aromatic rings. The van der Waals surface area contributed by atoms with Gasteiger partial charge in [-0.2, -0.15) is 0 Å². The molecule has 0 saturated heterocycles. The third-order valence-corrected chi connectivity index (χ3v) is 6.61. The molecule has 3 N–H and O–H groups in total. The second kappa shape index (κ2) is 7.95. The van der Waals surface area contributed by atoms with E-state index in [0.717, 1.165) is 32.1 Å². The van der Waals surface area contributed by atoms with Gasteiger partial charge in [-0.05, 0) is 74.6 Å². The van der Waals surface area contributed by atoms with Gasteiger partial charge in [0.15, 0.2) is 0 Å². The lowest BCUT2D eigenvalue weighted by Crippen LogP contribution is -2.52. The SMILES string of the molecule is CC[C@H](CCC1(C(O)C(C)(C(N)=O)c2cc(Br)cc(F)c2C)CC1)OC. The highest BCUT2D eigenvalue weighted by molar-refractivity contribution is 9.10. The van der Waals surface area contributed by atoms with Gasteiger partial charge in [0.1, 0.15) is 5.82 Å². The van der Waals surface area contributed by atoms with Crippen LogP contribution in [0.25, 0.3) is 0 Å². The maximum atomic E-state index is 14.3. The fourth-order valence-electron chi connectivity index (χ4n) is 3.97. The van der Waals surface area contributed by atoms with Crippen molar-refractivity contribution in [1.82, 2.24) is 0 Å². The lowest BCUT2D eigenvalue weighted by molar-refractivity contribution is -0.129. The van der Waals surface area contributed by atoms with Gasteiger partial charge >= 0.3 is 0 Å². The average Bonchev–Trinajstić information content (AvgIpc) is 3.38. The molecule has 146 valence electrons. The van der Waals surface area contributed by atoms with Crippen molar-refractivity contribution < 1.29 is 19.0 Å². The van der Waals surface area contributed by atoms with E-state index >= 15 is 0 Å². The number of amides is 1. The molecule has 6 heteroatoms. The summed E-state index contributed by atoms with van der Waals surface area (Å²) >= 11 is 3.28. The number of carbonyl (C=O) groups is 1. The first kappa shape index (κ1) is 21.3. The largest absolute Gasteiger partial charge is 0.391 e. The van der Waals surface area contributed by atoms with Gasteiger partial charge in [0.05, 0.1) is 17.6 Å². The minimum Gasteiger partial charge on any atom is -0.391 e. The summed E-state index contributed by atoms with van der Waals surface area (Å²) in [5.74, 6) is -1.07. The first-order valence-electron chi connectivity index (χ1n) is 9.09. The fourth-order valence-corrected chi connectivity index (χ4v) is 4.40. The molecule has 0 radical (unpaired) electrons. The van der Waals surface area contributed by atoms with E-state index in [0.29, 0.717) is 15.6 Å². The van der Waals surface area contributed by atoms with Crippen LogP contribution in [0.4, 0.5) is 4.39 Å². The molecule has 4 nitrogen and oxygen atoms in total. The molecular weight excluding hydrogens is 401 g/mol. The van der Waals surface area contributed by atoms with Crippen LogP contribution in [0.15, 0.2) is 16.6 Å². The van der Waals surface area contributed by atoms with E-state index in [-0.39, 0.29) is 11.5 Å². The number of carbonyl (C=O) groups excluding carboxylic acids is 1. The van der Waals surface area contributed by atoms with Gasteiger partial charge in [-0.25, -0.2) is 4.39 Å². The number of hydrogen-bond acceptors (Lipinski definition) is 3.